The number of hydrogen-bond donors (Lipinski definition) is 0. The molecule has 0 fully saturated rings. The minimum Gasteiger partial charge on any atom is -0.270 e. The molecule has 0 saturated carbocycles. The number of benzene rings is 2. The molecule has 0 spiro atoms. The van der Waals surface area contributed by atoms with E-state index >= 15 is 0 Å². The van der Waals surface area contributed by atoms with Gasteiger partial charge in [-0.05, 0) is 42.2 Å². The second kappa shape index (κ2) is 7.27. The average molecular weight is 339 g/mol. The zero-order valence-electron chi connectivity index (χ0n) is 12.6. The summed E-state index contributed by atoms with van der Waals surface area (Å²) in [7, 11) is -3.46. The summed E-state index contributed by atoms with van der Waals surface area (Å²) in [5.41, 5.74) is 3.31. The molecular weight excluding hydrogens is 320 g/mol. The summed E-state index contributed by atoms with van der Waals surface area (Å²) in [5.74, 6) is -0.0305. The molecule has 0 aliphatic heterocycles. The van der Waals surface area contributed by atoms with Crippen molar-refractivity contribution in [3.8, 4) is 0 Å². The van der Waals surface area contributed by atoms with Gasteiger partial charge in [0.15, 0.2) is 0 Å². The Kier molecular flexibility index (Phi) is 5.62. The normalized spacial score (nSPS) is 13.0. The van der Waals surface area contributed by atoms with Crippen molar-refractivity contribution in [2.75, 3.05) is 12.9 Å². The lowest BCUT2D eigenvalue weighted by molar-refractivity contribution is 0.293. The fourth-order valence-electron chi connectivity index (χ4n) is 2.41. The number of aryl methyl sites for hydroxylation is 1. The quantitative estimate of drug-likeness (QED) is 0.749. The van der Waals surface area contributed by atoms with Crippen LogP contribution in [0.5, 0.6) is 0 Å². The van der Waals surface area contributed by atoms with Crippen LogP contribution in [0.25, 0.3) is 0 Å². The first kappa shape index (κ1) is 17.0. The Hall–Kier alpha value is -1.36. The maximum atomic E-state index is 11.3. The van der Waals surface area contributed by atoms with Gasteiger partial charge in [-0.15, -0.1) is 0 Å². The molecule has 0 N–H and O–H groups in total. The first-order valence-electron chi connectivity index (χ1n) is 6.99. The van der Waals surface area contributed by atoms with Crippen LogP contribution in [0.3, 0.4) is 0 Å². The van der Waals surface area contributed by atoms with Crippen molar-refractivity contribution in [2.24, 2.45) is 0 Å². The van der Waals surface area contributed by atoms with E-state index in [4.69, 9.17) is 15.8 Å². The molecular formula is C17H19ClO3S. The summed E-state index contributed by atoms with van der Waals surface area (Å²) in [6, 6.07) is 15.5. The molecule has 0 bridgehead atoms. The Morgan fingerprint density at radius 3 is 2.32 bits per heavy atom. The van der Waals surface area contributed by atoms with Crippen LogP contribution in [0.2, 0.25) is 5.02 Å². The maximum Gasteiger partial charge on any atom is 0.264 e. The fourth-order valence-corrected chi connectivity index (χ4v) is 2.95. The van der Waals surface area contributed by atoms with E-state index in [2.05, 4.69) is 0 Å². The lowest BCUT2D eigenvalue weighted by Crippen LogP contribution is -2.15. The number of halogens is 1. The highest BCUT2D eigenvalue weighted by Gasteiger charge is 2.17. The topological polar surface area (TPSA) is 43.4 Å². The summed E-state index contributed by atoms with van der Waals surface area (Å²) in [6.45, 7) is 2.15. The van der Waals surface area contributed by atoms with Gasteiger partial charge in [0.05, 0.1) is 12.9 Å². The van der Waals surface area contributed by atoms with Crippen molar-refractivity contribution in [1.29, 1.82) is 0 Å². The van der Waals surface area contributed by atoms with E-state index < -0.39 is 10.1 Å². The van der Waals surface area contributed by atoms with Gasteiger partial charge in [-0.3, -0.25) is 4.18 Å². The Labute approximate surface area is 137 Å². The van der Waals surface area contributed by atoms with Crippen LogP contribution in [0.15, 0.2) is 48.5 Å². The first-order valence-corrected chi connectivity index (χ1v) is 9.19. The van der Waals surface area contributed by atoms with Gasteiger partial charge in [0.25, 0.3) is 10.1 Å². The predicted molar refractivity (Wildman–Crippen MR) is 89.9 cm³/mol. The molecule has 2 aromatic carbocycles. The van der Waals surface area contributed by atoms with Gasteiger partial charge in [0, 0.05) is 10.9 Å². The van der Waals surface area contributed by atoms with Crippen molar-refractivity contribution in [1.82, 2.24) is 0 Å². The molecule has 2 rings (SSSR count). The van der Waals surface area contributed by atoms with Crippen LogP contribution in [-0.2, 0) is 20.7 Å². The van der Waals surface area contributed by atoms with Crippen LogP contribution in [0.1, 0.15) is 22.6 Å². The van der Waals surface area contributed by atoms with Gasteiger partial charge in [0.2, 0.25) is 0 Å². The van der Waals surface area contributed by atoms with Crippen LogP contribution in [0, 0.1) is 6.92 Å². The minimum atomic E-state index is -3.46. The zero-order valence-corrected chi connectivity index (χ0v) is 14.2. The molecule has 3 nitrogen and oxygen atoms in total. The minimum absolute atomic E-state index is 0.0305. The van der Waals surface area contributed by atoms with Crippen molar-refractivity contribution >= 4 is 21.7 Å². The lowest BCUT2D eigenvalue weighted by Gasteiger charge is -2.19. The Bertz CT molecular complexity index is 724. The van der Waals surface area contributed by atoms with E-state index in [-0.39, 0.29) is 12.5 Å². The molecule has 2 aromatic rings. The van der Waals surface area contributed by atoms with Gasteiger partial charge in [-0.1, -0.05) is 48.0 Å². The summed E-state index contributed by atoms with van der Waals surface area (Å²) in [5, 5.41) is 0.684. The number of hydrogen-bond acceptors (Lipinski definition) is 3. The average Bonchev–Trinajstić information content (AvgIpc) is 2.45. The molecule has 0 aliphatic carbocycles. The van der Waals surface area contributed by atoms with Crippen molar-refractivity contribution < 1.29 is 12.6 Å². The third-order valence-corrected chi connectivity index (χ3v) is 4.32. The summed E-state index contributed by atoms with van der Waals surface area (Å²) >= 11 is 5.91. The predicted octanol–water partition coefficient (Wildman–Crippen LogP) is 3.95. The van der Waals surface area contributed by atoms with E-state index in [1.54, 1.807) is 0 Å². The SMILES string of the molecule is Cc1ccccc1[C@@H](COS(C)(=O)=O)Cc1ccc(Cl)cc1. The van der Waals surface area contributed by atoms with Crippen molar-refractivity contribution in [2.45, 2.75) is 19.3 Å². The van der Waals surface area contributed by atoms with Gasteiger partial charge in [-0.25, -0.2) is 0 Å². The molecule has 0 heterocycles. The highest BCUT2D eigenvalue weighted by molar-refractivity contribution is 7.85. The lowest BCUT2D eigenvalue weighted by atomic mass is 9.90. The van der Waals surface area contributed by atoms with E-state index in [1.807, 2.05) is 55.5 Å². The van der Waals surface area contributed by atoms with Crippen LogP contribution in [-0.4, -0.2) is 21.3 Å². The Morgan fingerprint density at radius 2 is 1.73 bits per heavy atom. The molecule has 5 heteroatoms. The van der Waals surface area contributed by atoms with Gasteiger partial charge >= 0.3 is 0 Å². The van der Waals surface area contributed by atoms with Crippen LogP contribution in [0.4, 0.5) is 0 Å². The molecule has 0 aromatic heterocycles. The Balaban J connectivity index is 2.25. The molecule has 0 unspecified atom stereocenters. The molecule has 1 atom stereocenters. The van der Waals surface area contributed by atoms with Crippen LogP contribution < -0.4 is 0 Å². The standard InChI is InChI=1S/C17H19ClO3S/c1-13-5-3-4-6-17(13)15(12-21-22(2,19)20)11-14-7-9-16(18)10-8-14/h3-10,15H,11-12H2,1-2H3/t15-/m1/s1. The smallest absolute Gasteiger partial charge is 0.264 e. The third kappa shape index (κ3) is 5.13. The first-order chi connectivity index (χ1) is 10.3. The highest BCUT2D eigenvalue weighted by atomic mass is 35.5. The number of rotatable bonds is 6. The molecule has 0 saturated heterocycles. The molecule has 118 valence electrons. The highest BCUT2D eigenvalue weighted by Crippen LogP contribution is 2.25. The van der Waals surface area contributed by atoms with Gasteiger partial charge in [-0.2, -0.15) is 8.42 Å². The van der Waals surface area contributed by atoms with Gasteiger partial charge < -0.3 is 0 Å². The van der Waals surface area contributed by atoms with E-state index in [0.717, 1.165) is 22.9 Å². The van der Waals surface area contributed by atoms with Crippen LogP contribution >= 0.6 is 11.6 Å². The van der Waals surface area contributed by atoms with Crippen molar-refractivity contribution in [3.63, 3.8) is 0 Å². The fraction of sp³-hybridized carbons (Fsp3) is 0.294. The second-order valence-electron chi connectivity index (χ2n) is 5.37. The third-order valence-electron chi connectivity index (χ3n) is 3.51. The largest absolute Gasteiger partial charge is 0.270 e. The summed E-state index contributed by atoms with van der Waals surface area (Å²) in [6.07, 6.45) is 1.77. The van der Waals surface area contributed by atoms with E-state index in [9.17, 15) is 8.42 Å². The maximum absolute atomic E-state index is 11.3. The summed E-state index contributed by atoms with van der Waals surface area (Å²) < 4.78 is 27.7. The molecule has 0 amide bonds. The molecule has 22 heavy (non-hydrogen) atoms. The zero-order chi connectivity index (χ0) is 16.2. The van der Waals surface area contributed by atoms with Crippen molar-refractivity contribution in [3.05, 3.63) is 70.2 Å². The second-order valence-corrected chi connectivity index (χ2v) is 7.45. The molecule has 0 aliphatic rings. The monoisotopic (exact) mass is 338 g/mol. The molecule has 0 radical (unpaired) electrons. The van der Waals surface area contributed by atoms with E-state index in [0.29, 0.717) is 11.4 Å². The Morgan fingerprint density at radius 1 is 1.09 bits per heavy atom. The summed E-state index contributed by atoms with van der Waals surface area (Å²) in [4.78, 5) is 0. The van der Waals surface area contributed by atoms with Gasteiger partial charge in [0.1, 0.15) is 0 Å². The van der Waals surface area contributed by atoms with E-state index in [1.165, 1.54) is 0 Å².